The molecule has 1 unspecified atom stereocenters. The average molecular weight is 313 g/mol. The summed E-state index contributed by atoms with van der Waals surface area (Å²) < 4.78 is 62.0. The predicted molar refractivity (Wildman–Crippen MR) is 67.7 cm³/mol. The number of benzene rings is 1. The minimum Gasteiger partial charge on any atom is -0.399 e. The fourth-order valence-electron chi connectivity index (χ4n) is 1.34. The van der Waals surface area contributed by atoms with E-state index in [4.69, 9.17) is 10.8 Å². The van der Waals surface area contributed by atoms with Crippen LogP contribution in [0.4, 0.5) is 24.5 Å². The third-order valence-electron chi connectivity index (χ3n) is 2.43. The maximum Gasteiger partial charge on any atom is 0.416 e. The number of anilines is 2. The lowest BCUT2D eigenvalue weighted by atomic mass is 10.2. The topological polar surface area (TPSA) is 104 Å². The van der Waals surface area contributed by atoms with Crippen LogP contribution in [0.3, 0.4) is 0 Å². The van der Waals surface area contributed by atoms with Crippen molar-refractivity contribution in [3.05, 3.63) is 18.2 Å². The Balaban J connectivity index is 3.02. The predicted octanol–water partition coefficient (Wildman–Crippen LogP) is 0.512. The van der Waals surface area contributed by atoms with Gasteiger partial charge in [0, 0.05) is 12.2 Å². The molecule has 1 aromatic rings. The van der Waals surface area contributed by atoms with Crippen LogP contribution in [0, 0.1) is 0 Å². The zero-order valence-electron chi connectivity index (χ0n) is 10.4. The Bertz CT molecular complexity index is 575. The van der Waals surface area contributed by atoms with Gasteiger partial charge in [-0.3, -0.25) is 0 Å². The highest BCUT2D eigenvalue weighted by molar-refractivity contribution is 7.89. The van der Waals surface area contributed by atoms with E-state index in [1.165, 1.54) is 12.1 Å². The molecule has 0 aliphatic heterocycles. The van der Waals surface area contributed by atoms with Crippen molar-refractivity contribution in [3.8, 4) is 0 Å². The molecule has 20 heavy (non-hydrogen) atoms. The Morgan fingerprint density at radius 1 is 1.40 bits per heavy atom. The molecule has 1 aromatic carbocycles. The lowest BCUT2D eigenvalue weighted by Gasteiger charge is -2.17. The molecule has 10 heteroatoms. The molecule has 0 spiro atoms. The van der Waals surface area contributed by atoms with Crippen LogP contribution in [0.2, 0.25) is 0 Å². The van der Waals surface area contributed by atoms with Gasteiger partial charge in [0.1, 0.15) is 4.90 Å². The molecule has 0 saturated carbocycles. The number of rotatable bonds is 5. The quantitative estimate of drug-likeness (QED) is 0.593. The van der Waals surface area contributed by atoms with E-state index in [1.54, 1.807) is 0 Å². The van der Waals surface area contributed by atoms with Crippen LogP contribution in [-0.4, -0.2) is 39.4 Å². The van der Waals surface area contributed by atoms with Crippen LogP contribution in [-0.2, 0) is 10.0 Å². The summed E-state index contributed by atoms with van der Waals surface area (Å²) >= 11 is 0. The Hall–Kier alpha value is -1.52. The minimum absolute atomic E-state index is 0.0862. The SMILES string of the molecule is CNS(=O)(=O)c1cc(N)ccc1NCC(O)C(F)(F)F. The maximum atomic E-state index is 12.2. The van der Waals surface area contributed by atoms with Crippen LogP contribution in [0.1, 0.15) is 0 Å². The van der Waals surface area contributed by atoms with E-state index in [-0.39, 0.29) is 16.3 Å². The molecule has 1 atom stereocenters. The first-order valence-electron chi connectivity index (χ1n) is 5.39. The highest BCUT2D eigenvalue weighted by Gasteiger charge is 2.38. The van der Waals surface area contributed by atoms with Crippen molar-refractivity contribution in [2.75, 3.05) is 24.6 Å². The highest BCUT2D eigenvalue weighted by Crippen LogP contribution is 2.25. The number of nitrogen functional groups attached to an aromatic ring is 1. The van der Waals surface area contributed by atoms with E-state index in [2.05, 4.69) is 5.32 Å². The normalized spacial score (nSPS) is 14.1. The molecular weight excluding hydrogens is 299 g/mol. The summed E-state index contributed by atoms with van der Waals surface area (Å²) in [5.41, 5.74) is 5.51. The van der Waals surface area contributed by atoms with E-state index in [0.717, 1.165) is 13.1 Å². The fraction of sp³-hybridized carbons (Fsp3) is 0.400. The Labute approximate surface area is 113 Å². The Morgan fingerprint density at radius 2 is 2.00 bits per heavy atom. The first kappa shape index (κ1) is 16.5. The van der Waals surface area contributed by atoms with Gasteiger partial charge in [0.2, 0.25) is 10.0 Å². The third-order valence-corrected chi connectivity index (χ3v) is 3.88. The van der Waals surface area contributed by atoms with Gasteiger partial charge >= 0.3 is 6.18 Å². The summed E-state index contributed by atoms with van der Waals surface area (Å²) in [7, 11) is -2.73. The Morgan fingerprint density at radius 3 is 2.50 bits per heavy atom. The van der Waals surface area contributed by atoms with Gasteiger partial charge in [0.05, 0.1) is 5.69 Å². The molecule has 0 radical (unpaired) electrons. The second-order valence-electron chi connectivity index (χ2n) is 3.90. The lowest BCUT2D eigenvalue weighted by Crippen LogP contribution is -2.35. The molecule has 114 valence electrons. The van der Waals surface area contributed by atoms with Gasteiger partial charge in [-0.1, -0.05) is 0 Å². The first-order valence-corrected chi connectivity index (χ1v) is 6.88. The molecule has 0 saturated heterocycles. The minimum atomic E-state index is -4.79. The van der Waals surface area contributed by atoms with Gasteiger partial charge in [-0.2, -0.15) is 13.2 Å². The number of nitrogens with two attached hydrogens (primary N) is 1. The van der Waals surface area contributed by atoms with Crippen LogP contribution < -0.4 is 15.8 Å². The molecule has 0 amide bonds. The van der Waals surface area contributed by atoms with E-state index < -0.39 is 28.8 Å². The average Bonchev–Trinajstić information content (AvgIpc) is 2.35. The largest absolute Gasteiger partial charge is 0.416 e. The second kappa shape index (κ2) is 5.85. The first-order chi connectivity index (χ1) is 9.08. The van der Waals surface area contributed by atoms with E-state index >= 15 is 0 Å². The molecule has 0 bridgehead atoms. The van der Waals surface area contributed by atoms with E-state index in [9.17, 15) is 21.6 Å². The van der Waals surface area contributed by atoms with Gasteiger partial charge < -0.3 is 16.2 Å². The van der Waals surface area contributed by atoms with Crippen LogP contribution >= 0.6 is 0 Å². The smallest absolute Gasteiger partial charge is 0.399 e. The molecule has 6 nitrogen and oxygen atoms in total. The number of nitrogens with one attached hydrogen (secondary N) is 2. The zero-order chi connectivity index (χ0) is 15.6. The van der Waals surface area contributed by atoms with E-state index in [0.29, 0.717) is 0 Å². The fourth-order valence-corrected chi connectivity index (χ4v) is 2.28. The number of aliphatic hydroxyl groups is 1. The molecule has 0 aliphatic rings. The van der Waals surface area contributed by atoms with Crippen molar-refractivity contribution in [3.63, 3.8) is 0 Å². The van der Waals surface area contributed by atoms with Crippen molar-refractivity contribution < 1.29 is 26.7 Å². The molecule has 0 aromatic heterocycles. The Kier molecular flexibility index (Phi) is 4.84. The van der Waals surface area contributed by atoms with Crippen molar-refractivity contribution in [1.29, 1.82) is 0 Å². The maximum absolute atomic E-state index is 12.2. The van der Waals surface area contributed by atoms with Crippen LogP contribution in [0.5, 0.6) is 0 Å². The summed E-state index contributed by atoms with van der Waals surface area (Å²) in [5, 5.41) is 11.1. The molecule has 0 fully saturated rings. The number of hydrogen-bond acceptors (Lipinski definition) is 5. The summed E-state index contributed by atoms with van der Waals surface area (Å²) in [5.74, 6) is 0. The molecule has 0 aliphatic carbocycles. The van der Waals surface area contributed by atoms with Crippen molar-refractivity contribution in [2.45, 2.75) is 17.2 Å². The van der Waals surface area contributed by atoms with Crippen molar-refractivity contribution in [1.82, 2.24) is 4.72 Å². The standard InChI is InChI=1S/C10H14F3N3O3S/c1-15-20(18,19)8-4-6(14)2-3-7(8)16-5-9(17)10(11,12)13/h2-4,9,15-17H,5,14H2,1H3. The molecular formula is C10H14F3N3O3S. The van der Waals surface area contributed by atoms with Crippen molar-refractivity contribution >= 4 is 21.4 Å². The van der Waals surface area contributed by atoms with Gasteiger partial charge in [0.25, 0.3) is 0 Å². The molecule has 0 heterocycles. The summed E-state index contributed by atoms with van der Waals surface area (Å²) in [4.78, 5) is -0.297. The van der Waals surface area contributed by atoms with E-state index in [1.807, 2.05) is 4.72 Å². The summed E-state index contributed by atoms with van der Waals surface area (Å²) in [6, 6.07) is 3.66. The number of aliphatic hydroxyl groups excluding tert-OH is 1. The van der Waals surface area contributed by atoms with Gasteiger partial charge in [-0.05, 0) is 25.2 Å². The molecule has 1 rings (SSSR count). The monoisotopic (exact) mass is 313 g/mol. The van der Waals surface area contributed by atoms with Crippen molar-refractivity contribution in [2.24, 2.45) is 0 Å². The zero-order valence-corrected chi connectivity index (χ0v) is 11.2. The molecule has 5 N–H and O–H groups in total. The van der Waals surface area contributed by atoms with Crippen LogP contribution in [0.25, 0.3) is 0 Å². The number of halogens is 3. The van der Waals surface area contributed by atoms with Gasteiger partial charge in [-0.25, -0.2) is 13.1 Å². The van der Waals surface area contributed by atoms with Crippen LogP contribution in [0.15, 0.2) is 23.1 Å². The highest BCUT2D eigenvalue weighted by atomic mass is 32.2. The third kappa shape index (κ3) is 3.99. The number of hydrogen-bond donors (Lipinski definition) is 4. The summed E-state index contributed by atoms with van der Waals surface area (Å²) in [6.45, 7) is -0.875. The number of sulfonamides is 1. The second-order valence-corrected chi connectivity index (χ2v) is 5.76. The van der Waals surface area contributed by atoms with Gasteiger partial charge in [0.15, 0.2) is 6.10 Å². The van der Waals surface area contributed by atoms with Gasteiger partial charge in [-0.15, -0.1) is 0 Å². The lowest BCUT2D eigenvalue weighted by molar-refractivity contribution is -0.198. The number of alkyl halides is 3. The summed E-state index contributed by atoms with van der Waals surface area (Å²) in [6.07, 6.45) is -7.40.